The van der Waals surface area contributed by atoms with Crippen LogP contribution in [0.4, 0.5) is 0 Å². The molecule has 0 fully saturated rings. The number of fused-ring (bicyclic) bond motifs is 1. The molecule has 4 nitrogen and oxygen atoms in total. The van der Waals surface area contributed by atoms with E-state index < -0.39 is 0 Å². The molecule has 0 aliphatic rings. The van der Waals surface area contributed by atoms with E-state index in [0.29, 0.717) is 18.0 Å². The zero-order valence-corrected chi connectivity index (χ0v) is 15.1. The fourth-order valence-electron chi connectivity index (χ4n) is 2.83. The Hall–Kier alpha value is -2.33. The van der Waals surface area contributed by atoms with Gasteiger partial charge in [0, 0.05) is 18.0 Å². The number of amides is 1. The van der Waals surface area contributed by atoms with Gasteiger partial charge in [-0.1, -0.05) is 49.2 Å². The molecule has 0 saturated heterocycles. The van der Waals surface area contributed by atoms with Crippen molar-refractivity contribution in [2.45, 2.75) is 32.7 Å². The summed E-state index contributed by atoms with van der Waals surface area (Å²) >= 11 is 5.97. The summed E-state index contributed by atoms with van der Waals surface area (Å²) in [7, 11) is 0. The molecule has 2 aromatic carbocycles. The lowest BCUT2D eigenvalue weighted by atomic mass is 10.1. The van der Waals surface area contributed by atoms with Gasteiger partial charge in [-0.2, -0.15) is 0 Å². The first kappa shape index (κ1) is 17.5. The van der Waals surface area contributed by atoms with E-state index in [2.05, 4.69) is 12.2 Å². The second-order valence-corrected chi connectivity index (χ2v) is 6.55. The summed E-state index contributed by atoms with van der Waals surface area (Å²) in [5.74, 6) is 0.906. The molecule has 0 bridgehead atoms. The maximum Gasteiger partial charge on any atom is 0.240 e. The minimum atomic E-state index is 0.0222. The van der Waals surface area contributed by atoms with Crippen LogP contribution in [0.15, 0.2) is 48.5 Å². The third-order valence-electron chi connectivity index (χ3n) is 4.16. The molecule has 0 unspecified atom stereocenters. The summed E-state index contributed by atoms with van der Waals surface area (Å²) in [6.07, 6.45) is 2.72. The van der Waals surface area contributed by atoms with Gasteiger partial charge in [-0.25, -0.2) is 4.98 Å². The topological polar surface area (TPSA) is 46.9 Å². The van der Waals surface area contributed by atoms with Gasteiger partial charge in [0.15, 0.2) is 0 Å². The molecule has 0 aliphatic carbocycles. The van der Waals surface area contributed by atoms with Gasteiger partial charge in [0.1, 0.15) is 12.4 Å². The van der Waals surface area contributed by atoms with E-state index in [1.165, 1.54) is 0 Å². The van der Waals surface area contributed by atoms with E-state index in [-0.39, 0.29) is 12.5 Å². The van der Waals surface area contributed by atoms with Gasteiger partial charge >= 0.3 is 0 Å². The lowest BCUT2D eigenvalue weighted by Gasteiger charge is -2.10. The van der Waals surface area contributed by atoms with E-state index >= 15 is 0 Å². The number of para-hydroxylation sites is 2. The van der Waals surface area contributed by atoms with Crippen LogP contribution in [0.3, 0.4) is 0 Å². The highest BCUT2D eigenvalue weighted by Crippen LogP contribution is 2.19. The Morgan fingerprint density at radius 3 is 2.68 bits per heavy atom. The molecule has 1 N–H and O–H groups in total. The van der Waals surface area contributed by atoms with Crippen molar-refractivity contribution >= 4 is 28.5 Å². The Bertz CT molecular complexity index is 855. The molecule has 1 heterocycles. The number of nitrogens with zero attached hydrogens (tertiary/aromatic N) is 2. The molecule has 0 saturated carbocycles. The Labute approximate surface area is 152 Å². The van der Waals surface area contributed by atoms with Crippen LogP contribution < -0.4 is 5.32 Å². The molecule has 130 valence electrons. The van der Waals surface area contributed by atoms with Gasteiger partial charge in [0.2, 0.25) is 5.91 Å². The quantitative estimate of drug-likeness (QED) is 0.646. The van der Waals surface area contributed by atoms with Crippen LogP contribution >= 0.6 is 11.6 Å². The van der Waals surface area contributed by atoms with Gasteiger partial charge < -0.3 is 9.88 Å². The van der Waals surface area contributed by atoms with E-state index in [9.17, 15) is 4.79 Å². The number of carbonyl (C=O) groups excluding carboxylic acids is 1. The molecular formula is C20H22ClN3O. The van der Waals surface area contributed by atoms with Crippen LogP contribution in [-0.4, -0.2) is 22.0 Å². The number of hydrogen-bond acceptors (Lipinski definition) is 2. The molecular weight excluding hydrogens is 334 g/mol. The third-order valence-corrected chi connectivity index (χ3v) is 4.42. The zero-order valence-electron chi connectivity index (χ0n) is 14.3. The lowest BCUT2D eigenvalue weighted by Crippen LogP contribution is -2.29. The minimum Gasteiger partial charge on any atom is -0.355 e. The normalized spacial score (nSPS) is 11.0. The molecule has 0 aliphatic heterocycles. The molecule has 1 amide bonds. The average Bonchev–Trinajstić information content (AvgIpc) is 2.95. The molecule has 0 spiro atoms. The number of halogens is 1. The third kappa shape index (κ3) is 4.40. The van der Waals surface area contributed by atoms with E-state index in [1.807, 2.05) is 53.1 Å². The van der Waals surface area contributed by atoms with Crippen molar-refractivity contribution in [2.24, 2.45) is 0 Å². The van der Waals surface area contributed by atoms with Gasteiger partial charge in [-0.05, 0) is 36.2 Å². The predicted molar refractivity (Wildman–Crippen MR) is 102 cm³/mol. The second kappa shape index (κ2) is 8.17. The molecule has 3 aromatic rings. The highest BCUT2D eigenvalue weighted by Gasteiger charge is 2.13. The molecule has 25 heavy (non-hydrogen) atoms. The van der Waals surface area contributed by atoms with Gasteiger partial charge in [0.05, 0.1) is 11.0 Å². The zero-order chi connectivity index (χ0) is 17.6. The van der Waals surface area contributed by atoms with Crippen LogP contribution in [0.2, 0.25) is 5.02 Å². The summed E-state index contributed by atoms with van der Waals surface area (Å²) in [5.41, 5.74) is 3.01. The number of benzene rings is 2. The van der Waals surface area contributed by atoms with Crippen LogP contribution in [-0.2, 0) is 17.8 Å². The first-order valence-corrected chi connectivity index (χ1v) is 9.00. The van der Waals surface area contributed by atoms with Crippen LogP contribution in [0, 0.1) is 0 Å². The predicted octanol–water partition coefficient (Wildman–Crippen LogP) is 4.20. The number of imidazole rings is 1. The van der Waals surface area contributed by atoms with Gasteiger partial charge in [-0.15, -0.1) is 0 Å². The monoisotopic (exact) mass is 355 g/mol. The first-order valence-electron chi connectivity index (χ1n) is 8.62. The minimum absolute atomic E-state index is 0.0222. The fraction of sp³-hybridized carbons (Fsp3) is 0.300. The summed E-state index contributed by atoms with van der Waals surface area (Å²) in [6.45, 7) is 3.11. The van der Waals surface area contributed by atoms with E-state index in [0.717, 1.165) is 35.3 Å². The molecule has 3 rings (SSSR count). The molecule has 1 aromatic heterocycles. The van der Waals surface area contributed by atoms with Crippen molar-refractivity contribution in [3.63, 3.8) is 0 Å². The number of carbonyl (C=O) groups is 1. The molecule has 0 atom stereocenters. The Balaban J connectivity index is 1.86. The van der Waals surface area contributed by atoms with Crippen LogP contribution in [0.5, 0.6) is 0 Å². The summed E-state index contributed by atoms with van der Waals surface area (Å²) in [5, 5.41) is 3.70. The van der Waals surface area contributed by atoms with Crippen LogP contribution in [0.1, 0.15) is 31.2 Å². The largest absolute Gasteiger partial charge is 0.355 e. The summed E-state index contributed by atoms with van der Waals surface area (Å²) < 4.78 is 2.01. The van der Waals surface area contributed by atoms with Crippen molar-refractivity contribution in [1.82, 2.24) is 14.9 Å². The maximum atomic E-state index is 12.3. The number of hydrogen-bond donors (Lipinski definition) is 1. The number of unbranched alkanes of at least 4 members (excludes halogenated alkanes) is 1. The highest BCUT2D eigenvalue weighted by atomic mass is 35.5. The van der Waals surface area contributed by atoms with E-state index in [4.69, 9.17) is 16.6 Å². The smallest absolute Gasteiger partial charge is 0.240 e. The van der Waals surface area contributed by atoms with Crippen molar-refractivity contribution in [1.29, 1.82) is 0 Å². The van der Waals surface area contributed by atoms with Gasteiger partial charge in [0.25, 0.3) is 0 Å². The first-order chi connectivity index (χ1) is 12.2. The Kier molecular flexibility index (Phi) is 5.71. The van der Waals surface area contributed by atoms with Crippen molar-refractivity contribution in [2.75, 3.05) is 6.54 Å². The molecule has 0 radical (unpaired) electrons. The SMILES string of the molecule is CCCCNC(=O)Cn1c(Cc2ccc(Cl)cc2)nc2ccccc21. The summed E-state index contributed by atoms with van der Waals surface area (Å²) in [4.78, 5) is 17.0. The fourth-order valence-corrected chi connectivity index (χ4v) is 2.95. The summed E-state index contributed by atoms with van der Waals surface area (Å²) in [6, 6.07) is 15.7. The van der Waals surface area contributed by atoms with E-state index in [1.54, 1.807) is 0 Å². The Morgan fingerprint density at radius 1 is 1.16 bits per heavy atom. The second-order valence-electron chi connectivity index (χ2n) is 6.11. The van der Waals surface area contributed by atoms with Crippen molar-refractivity contribution in [3.05, 3.63) is 64.9 Å². The van der Waals surface area contributed by atoms with Crippen molar-refractivity contribution < 1.29 is 4.79 Å². The number of rotatable bonds is 7. The Morgan fingerprint density at radius 2 is 1.92 bits per heavy atom. The number of aromatic nitrogens is 2. The van der Waals surface area contributed by atoms with Crippen molar-refractivity contribution in [3.8, 4) is 0 Å². The lowest BCUT2D eigenvalue weighted by molar-refractivity contribution is -0.121. The standard InChI is InChI=1S/C20H22ClN3O/c1-2-3-12-22-20(25)14-24-18-7-5-4-6-17(18)23-19(24)13-15-8-10-16(21)11-9-15/h4-11H,2-3,12-14H2,1H3,(H,22,25). The molecule has 5 heteroatoms. The maximum absolute atomic E-state index is 12.3. The van der Waals surface area contributed by atoms with Gasteiger partial charge in [-0.3, -0.25) is 4.79 Å². The average molecular weight is 356 g/mol. The van der Waals surface area contributed by atoms with Crippen LogP contribution in [0.25, 0.3) is 11.0 Å². The highest BCUT2D eigenvalue weighted by molar-refractivity contribution is 6.30. The number of nitrogens with one attached hydrogen (secondary N) is 1.